The van der Waals surface area contributed by atoms with Crippen molar-refractivity contribution >= 4 is 11.7 Å². The molecule has 2 rings (SSSR count). The summed E-state index contributed by atoms with van der Waals surface area (Å²) < 4.78 is 38.5. The van der Waals surface area contributed by atoms with Gasteiger partial charge in [-0.2, -0.15) is 13.2 Å². The summed E-state index contributed by atoms with van der Waals surface area (Å²) in [6.45, 7) is 0.256. The number of hydrogen-bond donors (Lipinski definition) is 2. The largest absolute Gasteiger partial charge is 0.481 e. The van der Waals surface area contributed by atoms with Gasteiger partial charge in [-0.25, -0.2) is 0 Å². The van der Waals surface area contributed by atoms with Gasteiger partial charge >= 0.3 is 12.1 Å². The molecule has 1 aromatic carbocycles. The Kier molecular flexibility index (Phi) is 3.92. The summed E-state index contributed by atoms with van der Waals surface area (Å²) in [6, 6.07) is 5.26. The number of rotatable bonds is 5. The van der Waals surface area contributed by atoms with Crippen LogP contribution in [-0.4, -0.2) is 17.6 Å². The number of aliphatic carboxylic acids is 1. The lowest BCUT2D eigenvalue weighted by Crippen LogP contribution is -2.38. The lowest BCUT2D eigenvalue weighted by atomic mass is 9.66. The SMILES string of the molecule is O=C(O)CC1(CNc2ccccc2C(F)(F)F)CCC1. The van der Waals surface area contributed by atoms with Crippen molar-refractivity contribution in [1.29, 1.82) is 0 Å². The predicted molar refractivity (Wildman–Crippen MR) is 68.5 cm³/mol. The summed E-state index contributed by atoms with van der Waals surface area (Å²) in [7, 11) is 0. The normalized spacial score (nSPS) is 17.4. The van der Waals surface area contributed by atoms with Gasteiger partial charge in [0.2, 0.25) is 0 Å². The molecule has 1 aliphatic carbocycles. The maximum absolute atomic E-state index is 12.8. The van der Waals surface area contributed by atoms with Gasteiger partial charge in [0.1, 0.15) is 0 Å². The molecule has 0 atom stereocenters. The Morgan fingerprint density at radius 3 is 2.45 bits per heavy atom. The number of hydrogen-bond acceptors (Lipinski definition) is 2. The molecule has 2 N–H and O–H groups in total. The summed E-state index contributed by atoms with van der Waals surface area (Å²) >= 11 is 0. The quantitative estimate of drug-likeness (QED) is 0.867. The van der Waals surface area contributed by atoms with E-state index in [2.05, 4.69) is 5.32 Å². The third-order valence-corrected chi connectivity index (χ3v) is 3.83. The van der Waals surface area contributed by atoms with Gasteiger partial charge in [-0.05, 0) is 30.4 Å². The van der Waals surface area contributed by atoms with Gasteiger partial charge < -0.3 is 10.4 Å². The Morgan fingerprint density at radius 2 is 1.95 bits per heavy atom. The minimum atomic E-state index is -4.41. The van der Waals surface area contributed by atoms with Crippen LogP contribution in [0.15, 0.2) is 24.3 Å². The van der Waals surface area contributed by atoms with Crippen molar-refractivity contribution in [3.63, 3.8) is 0 Å². The fourth-order valence-electron chi connectivity index (χ4n) is 2.58. The number of carbonyl (C=O) groups is 1. The van der Waals surface area contributed by atoms with Crippen LogP contribution in [0.2, 0.25) is 0 Å². The van der Waals surface area contributed by atoms with Gasteiger partial charge in [-0.3, -0.25) is 4.79 Å². The first-order valence-electron chi connectivity index (χ1n) is 6.44. The van der Waals surface area contributed by atoms with E-state index in [0.29, 0.717) is 0 Å². The van der Waals surface area contributed by atoms with E-state index >= 15 is 0 Å². The van der Waals surface area contributed by atoms with Gasteiger partial charge in [0, 0.05) is 12.2 Å². The fourth-order valence-corrected chi connectivity index (χ4v) is 2.58. The number of nitrogens with one attached hydrogen (secondary N) is 1. The monoisotopic (exact) mass is 287 g/mol. The van der Waals surface area contributed by atoms with Gasteiger partial charge in [0.15, 0.2) is 0 Å². The van der Waals surface area contributed by atoms with Crippen LogP contribution >= 0.6 is 0 Å². The lowest BCUT2D eigenvalue weighted by molar-refractivity contribution is -0.141. The van der Waals surface area contributed by atoms with E-state index in [1.54, 1.807) is 0 Å². The van der Waals surface area contributed by atoms with E-state index in [9.17, 15) is 18.0 Å². The third-order valence-electron chi connectivity index (χ3n) is 3.83. The summed E-state index contributed by atoms with van der Waals surface area (Å²) in [5.74, 6) is -0.907. The van der Waals surface area contributed by atoms with E-state index in [0.717, 1.165) is 25.3 Å². The molecular weight excluding hydrogens is 271 g/mol. The molecule has 1 fully saturated rings. The second kappa shape index (κ2) is 5.34. The molecule has 0 radical (unpaired) electrons. The Labute approximate surface area is 114 Å². The first kappa shape index (κ1) is 14.7. The highest BCUT2D eigenvalue weighted by Gasteiger charge is 2.39. The van der Waals surface area contributed by atoms with Crippen molar-refractivity contribution in [1.82, 2.24) is 0 Å². The third kappa shape index (κ3) is 3.23. The Hall–Kier alpha value is -1.72. The van der Waals surface area contributed by atoms with Crippen molar-refractivity contribution in [2.24, 2.45) is 5.41 Å². The Bertz CT molecular complexity index is 495. The van der Waals surface area contributed by atoms with Crippen molar-refractivity contribution in [3.05, 3.63) is 29.8 Å². The van der Waals surface area contributed by atoms with Crippen LogP contribution in [0.4, 0.5) is 18.9 Å². The second-order valence-corrected chi connectivity index (χ2v) is 5.32. The Morgan fingerprint density at radius 1 is 1.30 bits per heavy atom. The molecule has 20 heavy (non-hydrogen) atoms. The zero-order valence-electron chi connectivity index (χ0n) is 10.8. The minimum absolute atomic E-state index is 0.00577. The number of alkyl halides is 3. The number of carboxylic acids is 1. The standard InChI is InChI=1S/C14H16F3NO2/c15-14(16,17)10-4-1-2-5-11(10)18-9-13(6-3-7-13)8-12(19)20/h1-2,4-5,18H,3,6-9H2,(H,19,20). The number of benzene rings is 1. The lowest BCUT2D eigenvalue weighted by Gasteiger charge is -2.41. The number of carboxylic acid groups (broad SMARTS) is 1. The summed E-state index contributed by atoms with van der Waals surface area (Å²) in [5.41, 5.74) is -1.12. The molecule has 110 valence electrons. The van der Waals surface area contributed by atoms with Crippen LogP contribution in [-0.2, 0) is 11.0 Å². The average molecular weight is 287 g/mol. The molecule has 0 spiro atoms. The van der Waals surface area contributed by atoms with Gasteiger partial charge in [-0.1, -0.05) is 18.6 Å². The van der Waals surface area contributed by atoms with Gasteiger partial charge in [-0.15, -0.1) is 0 Å². The summed E-state index contributed by atoms with van der Waals surface area (Å²) in [5, 5.41) is 11.7. The molecule has 1 saturated carbocycles. The highest BCUT2D eigenvalue weighted by molar-refractivity contribution is 5.68. The van der Waals surface area contributed by atoms with Crippen molar-refractivity contribution in [2.45, 2.75) is 31.9 Å². The molecular formula is C14H16F3NO2. The molecule has 0 aliphatic heterocycles. The van der Waals surface area contributed by atoms with E-state index < -0.39 is 23.1 Å². The number of anilines is 1. The first-order valence-corrected chi connectivity index (χ1v) is 6.44. The molecule has 3 nitrogen and oxygen atoms in total. The van der Waals surface area contributed by atoms with E-state index in [1.165, 1.54) is 18.2 Å². The molecule has 0 heterocycles. The van der Waals surface area contributed by atoms with E-state index in [-0.39, 0.29) is 18.7 Å². The molecule has 0 aromatic heterocycles. The topological polar surface area (TPSA) is 49.3 Å². The van der Waals surface area contributed by atoms with Crippen LogP contribution in [0.1, 0.15) is 31.2 Å². The molecule has 1 aliphatic rings. The molecule has 0 bridgehead atoms. The van der Waals surface area contributed by atoms with Crippen LogP contribution in [0.5, 0.6) is 0 Å². The fraction of sp³-hybridized carbons (Fsp3) is 0.500. The molecule has 1 aromatic rings. The van der Waals surface area contributed by atoms with Gasteiger partial charge in [0.25, 0.3) is 0 Å². The summed E-state index contributed by atoms with van der Waals surface area (Å²) in [6.07, 6.45) is -2.02. The molecule has 6 heteroatoms. The smallest absolute Gasteiger partial charge is 0.418 e. The molecule has 0 amide bonds. The average Bonchev–Trinajstić information content (AvgIpc) is 2.31. The van der Waals surface area contributed by atoms with Crippen LogP contribution in [0.25, 0.3) is 0 Å². The molecule has 0 saturated heterocycles. The first-order chi connectivity index (χ1) is 9.32. The maximum Gasteiger partial charge on any atom is 0.418 e. The van der Waals surface area contributed by atoms with Crippen LogP contribution in [0.3, 0.4) is 0 Å². The van der Waals surface area contributed by atoms with E-state index in [4.69, 9.17) is 5.11 Å². The number of para-hydroxylation sites is 1. The molecule has 0 unspecified atom stereocenters. The summed E-state index contributed by atoms with van der Waals surface area (Å²) in [4.78, 5) is 10.8. The highest BCUT2D eigenvalue weighted by atomic mass is 19.4. The maximum atomic E-state index is 12.8. The van der Waals surface area contributed by atoms with Crippen LogP contribution < -0.4 is 5.32 Å². The van der Waals surface area contributed by atoms with Gasteiger partial charge in [0.05, 0.1) is 12.0 Å². The highest BCUT2D eigenvalue weighted by Crippen LogP contribution is 2.44. The second-order valence-electron chi connectivity index (χ2n) is 5.32. The number of halogens is 3. The van der Waals surface area contributed by atoms with Crippen molar-refractivity contribution in [2.75, 3.05) is 11.9 Å². The minimum Gasteiger partial charge on any atom is -0.481 e. The van der Waals surface area contributed by atoms with Crippen LogP contribution in [0, 0.1) is 5.41 Å². The van der Waals surface area contributed by atoms with Crippen molar-refractivity contribution < 1.29 is 23.1 Å². The zero-order chi connectivity index (χ0) is 14.8. The zero-order valence-corrected chi connectivity index (χ0v) is 10.8. The van der Waals surface area contributed by atoms with E-state index in [1.807, 2.05) is 0 Å². The van der Waals surface area contributed by atoms with Crippen molar-refractivity contribution in [3.8, 4) is 0 Å². The predicted octanol–water partition coefficient (Wildman–Crippen LogP) is 3.76. The Balaban J connectivity index is 2.09.